The van der Waals surface area contributed by atoms with Crippen molar-refractivity contribution in [1.82, 2.24) is 0 Å². The lowest BCUT2D eigenvalue weighted by molar-refractivity contribution is -0.131. The average Bonchev–Trinajstić information content (AvgIpc) is 2.35. The number of methoxy groups -OCH3 is 2. The average molecular weight is 237 g/mol. The molecule has 0 saturated heterocycles. The smallest absolute Gasteiger partial charge is 0.118 e. The summed E-state index contributed by atoms with van der Waals surface area (Å²) in [7, 11) is 3.33. The van der Waals surface area contributed by atoms with E-state index < -0.39 is 0 Å². The third-order valence-electron chi connectivity index (χ3n) is 3.19. The highest BCUT2D eigenvalue weighted by atomic mass is 16.5. The van der Waals surface area contributed by atoms with E-state index in [1.165, 1.54) is 0 Å². The number of hydrogen-bond donors (Lipinski definition) is 1. The second-order valence-electron chi connectivity index (χ2n) is 4.30. The monoisotopic (exact) mass is 237 g/mol. The Morgan fingerprint density at radius 1 is 1.24 bits per heavy atom. The molecule has 1 aliphatic rings. The van der Waals surface area contributed by atoms with E-state index in [9.17, 15) is 0 Å². The van der Waals surface area contributed by atoms with Crippen molar-refractivity contribution in [3.8, 4) is 5.75 Å². The van der Waals surface area contributed by atoms with Crippen LogP contribution in [0.2, 0.25) is 0 Å². The Labute approximate surface area is 102 Å². The van der Waals surface area contributed by atoms with Gasteiger partial charge in [-0.15, -0.1) is 0 Å². The Kier molecular flexibility index (Phi) is 3.99. The molecule has 1 fully saturated rings. The van der Waals surface area contributed by atoms with Crippen LogP contribution in [0.3, 0.4) is 0 Å². The second kappa shape index (κ2) is 5.49. The maximum Gasteiger partial charge on any atom is 0.118 e. The lowest BCUT2D eigenvalue weighted by Crippen LogP contribution is -2.57. The van der Waals surface area contributed by atoms with Crippen molar-refractivity contribution in [3.05, 3.63) is 29.8 Å². The molecule has 2 rings (SSSR count). The maximum absolute atomic E-state index is 5.81. The number of hydrogen-bond acceptors (Lipinski definition) is 4. The Bertz CT molecular complexity index is 352. The van der Waals surface area contributed by atoms with Gasteiger partial charge in [-0.3, -0.25) is 0 Å². The molecule has 3 unspecified atom stereocenters. The number of ether oxygens (including phenoxy) is 3. The van der Waals surface area contributed by atoms with Crippen LogP contribution in [0.1, 0.15) is 12.0 Å². The van der Waals surface area contributed by atoms with E-state index in [1.807, 2.05) is 24.3 Å². The molecular weight excluding hydrogens is 218 g/mol. The summed E-state index contributed by atoms with van der Waals surface area (Å²) in [6.45, 7) is 0.585. The van der Waals surface area contributed by atoms with Gasteiger partial charge in [-0.2, -0.15) is 0 Å². The zero-order chi connectivity index (χ0) is 12.3. The maximum atomic E-state index is 5.81. The van der Waals surface area contributed by atoms with Crippen molar-refractivity contribution >= 4 is 0 Å². The lowest BCUT2D eigenvalue weighted by atomic mass is 9.86. The first-order chi connectivity index (χ1) is 8.24. The van der Waals surface area contributed by atoms with E-state index in [4.69, 9.17) is 19.9 Å². The molecule has 0 aliphatic heterocycles. The summed E-state index contributed by atoms with van der Waals surface area (Å²) in [5.41, 5.74) is 6.93. The van der Waals surface area contributed by atoms with Gasteiger partial charge in [0.1, 0.15) is 5.75 Å². The molecule has 1 saturated carbocycles. The predicted octanol–water partition coefficient (Wildman–Crippen LogP) is 1.33. The summed E-state index contributed by atoms with van der Waals surface area (Å²) >= 11 is 0. The minimum absolute atomic E-state index is 0.0354. The van der Waals surface area contributed by atoms with Crippen LogP contribution in [0.15, 0.2) is 24.3 Å². The van der Waals surface area contributed by atoms with E-state index >= 15 is 0 Å². The van der Waals surface area contributed by atoms with Crippen molar-refractivity contribution in [2.24, 2.45) is 5.73 Å². The Hall–Kier alpha value is -1.10. The molecule has 0 aromatic heterocycles. The molecule has 4 heteroatoms. The van der Waals surface area contributed by atoms with E-state index in [0.29, 0.717) is 6.61 Å². The van der Waals surface area contributed by atoms with Gasteiger partial charge in [-0.25, -0.2) is 0 Å². The largest absolute Gasteiger partial charge is 0.497 e. The molecule has 2 N–H and O–H groups in total. The van der Waals surface area contributed by atoms with Crippen LogP contribution in [-0.4, -0.2) is 32.5 Å². The molecular formula is C13H19NO3. The molecule has 1 aromatic rings. The van der Waals surface area contributed by atoms with Gasteiger partial charge in [-0.05, 0) is 24.1 Å². The van der Waals surface area contributed by atoms with Crippen LogP contribution >= 0.6 is 0 Å². The van der Waals surface area contributed by atoms with E-state index in [2.05, 4.69) is 0 Å². The van der Waals surface area contributed by atoms with Crippen LogP contribution in [0, 0.1) is 0 Å². The van der Waals surface area contributed by atoms with E-state index in [0.717, 1.165) is 17.7 Å². The third kappa shape index (κ3) is 2.77. The SMILES string of the molecule is COc1ccc(COC2CC(N)C2OC)cc1. The first-order valence-electron chi connectivity index (χ1n) is 5.77. The molecule has 94 valence electrons. The van der Waals surface area contributed by atoms with Crippen LogP contribution in [0.5, 0.6) is 5.75 Å². The first kappa shape index (κ1) is 12.4. The number of benzene rings is 1. The summed E-state index contributed by atoms with van der Waals surface area (Å²) in [6, 6.07) is 7.97. The highest BCUT2D eigenvalue weighted by molar-refractivity contribution is 5.26. The standard InChI is InChI=1S/C13H19NO3/c1-15-10-5-3-9(4-6-10)8-17-12-7-11(14)13(12)16-2/h3-6,11-13H,7-8,14H2,1-2H3. The van der Waals surface area contributed by atoms with Gasteiger partial charge in [0, 0.05) is 13.2 Å². The second-order valence-corrected chi connectivity index (χ2v) is 4.30. The summed E-state index contributed by atoms with van der Waals surface area (Å²) in [5.74, 6) is 0.856. The van der Waals surface area contributed by atoms with Gasteiger partial charge in [0.25, 0.3) is 0 Å². The van der Waals surface area contributed by atoms with Crippen molar-refractivity contribution in [3.63, 3.8) is 0 Å². The van der Waals surface area contributed by atoms with Gasteiger partial charge in [-0.1, -0.05) is 12.1 Å². The zero-order valence-corrected chi connectivity index (χ0v) is 10.3. The molecule has 4 nitrogen and oxygen atoms in total. The summed E-state index contributed by atoms with van der Waals surface area (Å²) < 4.78 is 16.1. The van der Waals surface area contributed by atoms with Crippen molar-refractivity contribution in [2.75, 3.05) is 14.2 Å². The zero-order valence-electron chi connectivity index (χ0n) is 10.3. The van der Waals surface area contributed by atoms with Gasteiger partial charge in [0.15, 0.2) is 0 Å². The Morgan fingerprint density at radius 3 is 2.47 bits per heavy atom. The van der Waals surface area contributed by atoms with E-state index in [-0.39, 0.29) is 18.2 Å². The van der Waals surface area contributed by atoms with Crippen molar-refractivity contribution in [2.45, 2.75) is 31.3 Å². The molecule has 1 aliphatic carbocycles. The van der Waals surface area contributed by atoms with Crippen molar-refractivity contribution in [1.29, 1.82) is 0 Å². The van der Waals surface area contributed by atoms with Crippen molar-refractivity contribution < 1.29 is 14.2 Å². The topological polar surface area (TPSA) is 53.7 Å². The van der Waals surface area contributed by atoms with Gasteiger partial charge < -0.3 is 19.9 Å². The minimum Gasteiger partial charge on any atom is -0.497 e. The quantitative estimate of drug-likeness (QED) is 0.839. The normalized spacial score (nSPS) is 27.6. The van der Waals surface area contributed by atoms with Gasteiger partial charge >= 0.3 is 0 Å². The molecule has 3 atom stereocenters. The van der Waals surface area contributed by atoms with E-state index in [1.54, 1.807) is 14.2 Å². The fourth-order valence-electron chi connectivity index (χ4n) is 2.03. The minimum atomic E-state index is 0.0354. The molecule has 17 heavy (non-hydrogen) atoms. The highest BCUT2D eigenvalue weighted by Crippen LogP contribution is 2.26. The molecule has 0 heterocycles. The van der Waals surface area contributed by atoms with Crippen LogP contribution < -0.4 is 10.5 Å². The van der Waals surface area contributed by atoms with Crippen LogP contribution in [0.25, 0.3) is 0 Å². The highest BCUT2D eigenvalue weighted by Gasteiger charge is 2.39. The molecule has 0 spiro atoms. The lowest BCUT2D eigenvalue weighted by Gasteiger charge is -2.40. The Morgan fingerprint density at radius 2 is 1.94 bits per heavy atom. The summed E-state index contributed by atoms with van der Waals surface area (Å²) in [5, 5.41) is 0. The van der Waals surface area contributed by atoms with Crippen LogP contribution in [0.4, 0.5) is 0 Å². The molecule has 0 amide bonds. The number of nitrogens with two attached hydrogens (primary N) is 1. The number of rotatable bonds is 5. The fraction of sp³-hybridized carbons (Fsp3) is 0.538. The fourth-order valence-corrected chi connectivity index (χ4v) is 2.03. The Balaban J connectivity index is 1.81. The van der Waals surface area contributed by atoms with Crippen LogP contribution in [-0.2, 0) is 16.1 Å². The molecule has 1 aromatic carbocycles. The van der Waals surface area contributed by atoms with Gasteiger partial charge in [0.2, 0.25) is 0 Å². The predicted molar refractivity (Wildman–Crippen MR) is 65.0 cm³/mol. The summed E-state index contributed by atoms with van der Waals surface area (Å²) in [6.07, 6.45) is 1.03. The first-order valence-corrected chi connectivity index (χ1v) is 5.77. The van der Waals surface area contributed by atoms with Gasteiger partial charge in [0.05, 0.1) is 25.9 Å². The molecule has 0 bridgehead atoms. The molecule has 0 radical (unpaired) electrons. The summed E-state index contributed by atoms with van der Waals surface area (Å²) in [4.78, 5) is 0. The third-order valence-corrected chi connectivity index (χ3v) is 3.19.